The van der Waals surface area contributed by atoms with E-state index >= 15 is 0 Å². The number of aromatic nitrogens is 1. The van der Waals surface area contributed by atoms with Crippen molar-refractivity contribution >= 4 is 57.7 Å². The number of amides is 2. The molecule has 2 N–H and O–H groups in total. The molecule has 2 aromatic carbocycles. The summed E-state index contributed by atoms with van der Waals surface area (Å²) in [6.07, 6.45) is 0.0639. The maximum atomic E-state index is 12.4. The van der Waals surface area contributed by atoms with Gasteiger partial charge >= 0.3 is 0 Å². The first-order valence-corrected chi connectivity index (χ1v) is 9.18. The highest BCUT2D eigenvalue weighted by Crippen LogP contribution is 2.38. The van der Waals surface area contributed by atoms with Gasteiger partial charge in [-0.25, -0.2) is 4.98 Å². The Bertz CT molecular complexity index is 1030. The van der Waals surface area contributed by atoms with Crippen LogP contribution in [0.5, 0.6) is 0 Å². The number of thioether (sulfide) groups is 1. The lowest BCUT2D eigenvalue weighted by Crippen LogP contribution is -2.32. The van der Waals surface area contributed by atoms with Crippen LogP contribution in [0.25, 0.3) is 11.1 Å². The fraction of sp³-hybridized carbons (Fsp3) is 0.167. The van der Waals surface area contributed by atoms with Crippen LogP contribution in [-0.4, -0.2) is 22.0 Å². The Balaban J connectivity index is 1.45. The van der Waals surface area contributed by atoms with Crippen LogP contribution in [0.3, 0.4) is 0 Å². The van der Waals surface area contributed by atoms with Gasteiger partial charge in [0.2, 0.25) is 11.8 Å². The Morgan fingerprint density at radius 3 is 3.04 bits per heavy atom. The van der Waals surface area contributed by atoms with Crippen LogP contribution in [0.1, 0.15) is 12.3 Å². The van der Waals surface area contributed by atoms with Gasteiger partial charge in [-0.1, -0.05) is 11.6 Å². The number of hydrogen-bond acceptors (Lipinski definition) is 5. The molecule has 1 atom stereocenters. The molecule has 2 amide bonds. The number of rotatable bonds is 3. The quantitative estimate of drug-likeness (QED) is 0.702. The molecular formula is C18H14ClN3O3S. The zero-order valence-corrected chi connectivity index (χ0v) is 15.3. The first kappa shape index (κ1) is 16.9. The molecule has 132 valence electrons. The van der Waals surface area contributed by atoms with E-state index in [1.54, 1.807) is 37.3 Å². The minimum Gasteiger partial charge on any atom is -0.441 e. The molecule has 0 spiro atoms. The molecule has 1 aromatic heterocycles. The van der Waals surface area contributed by atoms with Gasteiger partial charge in [0.15, 0.2) is 11.5 Å². The van der Waals surface area contributed by atoms with Gasteiger partial charge in [0.25, 0.3) is 0 Å². The largest absolute Gasteiger partial charge is 0.441 e. The average molecular weight is 388 g/mol. The summed E-state index contributed by atoms with van der Waals surface area (Å²) in [6.45, 7) is 1.77. The Kier molecular flexibility index (Phi) is 4.34. The van der Waals surface area contributed by atoms with E-state index < -0.39 is 5.25 Å². The summed E-state index contributed by atoms with van der Waals surface area (Å²) < 4.78 is 5.42. The third-order valence-corrected chi connectivity index (χ3v) is 5.42. The van der Waals surface area contributed by atoms with E-state index in [9.17, 15) is 9.59 Å². The third-order valence-electron chi connectivity index (χ3n) is 3.91. The predicted octanol–water partition coefficient (Wildman–Crippen LogP) is 4.23. The predicted molar refractivity (Wildman–Crippen MR) is 102 cm³/mol. The van der Waals surface area contributed by atoms with E-state index in [1.165, 1.54) is 11.8 Å². The van der Waals surface area contributed by atoms with Crippen molar-refractivity contribution in [2.75, 3.05) is 10.6 Å². The highest BCUT2D eigenvalue weighted by Gasteiger charge is 2.29. The normalized spacial score (nSPS) is 16.2. The number of carbonyl (C=O) groups is 2. The molecule has 8 heteroatoms. The Labute approximate surface area is 158 Å². The van der Waals surface area contributed by atoms with Gasteiger partial charge in [0.05, 0.1) is 10.9 Å². The lowest BCUT2D eigenvalue weighted by molar-refractivity contribution is -0.120. The average Bonchev–Trinajstić information content (AvgIpc) is 2.95. The number of nitrogens with one attached hydrogen (secondary N) is 2. The minimum absolute atomic E-state index is 0.0639. The van der Waals surface area contributed by atoms with Crippen LogP contribution in [0, 0.1) is 6.92 Å². The van der Waals surface area contributed by atoms with E-state index in [0.29, 0.717) is 33.4 Å². The molecule has 0 saturated heterocycles. The van der Waals surface area contributed by atoms with Gasteiger partial charge in [0.1, 0.15) is 5.52 Å². The molecule has 0 radical (unpaired) electrons. The fourth-order valence-corrected chi connectivity index (χ4v) is 4.02. The zero-order valence-electron chi connectivity index (χ0n) is 13.7. The summed E-state index contributed by atoms with van der Waals surface area (Å²) in [4.78, 5) is 29.8. The molecular weight excluding hydrogens is 374 g/mol. The van der Waals surface area contributed by atoms with Crippen molar-refractivity contribution in [2.24, 2.45) is 0 Å². The van der Waals surface area contributed by atoms with Crippen molar-refractivity contribution in [3.05, 3.63) is 47.3 Å². The van der Waals surface area contributed by atoms with E-state index in [0.717, 1.165) is 4.90 Å². The van der Waals surface area contributed by atoms with Gasteiger partial charge in [-0.3, -0.25) is 9.59 Å². The molecule has 3 aromatic rings. The number of nitrogens with zero attached hydrogens (tertiary/aromatic N) is 1. The molecule has 0 fully saturated rings. The fourth-order valence-electron chi connectivity index (χ4n) is 2.76. The molecule has 0 unspecified atom stereocenters. The monoisotopic (exact) mass is 387 g/mol. The molecule has 2 heterocycles. The number of benzene rings is 2. The maximum absolute atomic E-state index is 12.4. The number of halogens is 1. The molecule has 1 aliphatic heterocycles. The van der Waals surface area contributed by atoms with Gasteiger partial charge in [-0.15, -0.1) is 11.8 Å². The SMILES string of the molecule is Cc1nc2cc(NC(=O)C[C@@H]3Sc4ccc(Cl)cc4NC3=O)ccc2o1. The van der Waals surface area contributed by atoms with Gasteiger partial charge in [-0.05, 0) is 36.4 Å². The number of aryl methyl sites for hydroxylation is 1. The number of oxazole rings is 1. The van der Waals surface area contributed by atoms with Crippen molar-refractivity contribution in [3.63, 3.8) is 0 Å². The van der Waals surface area contributed by atoms with Gasteiger partial charge in [-0.2, -0.15) is 0 Å². The second-order valence-corrected chi connectivity index (χ2v) is 7.58. The van der Waals surface area contributed by atoms with Crippen molar-refractivity contribution in [3.8, 4) is 0 Å². The number of carbonyl (C=O) groups excluding carboxylic acids is 2. The first-order valence-electron chi connectivity index (χ1n) is 7.92. The zero-order chi connectivity index (χ0) is 18.3. The van der Waals surface area contributed by atoms with Gasteiger partial charge < -0.3 is 15.1 Å². The Hall–Kier alpha value is -2.51. The Morgan fingerprint density at radius 1 is 1.35 bits per heavy atom. The van der Waals surface area contributed by atoms with Crippen LogP contribution in [-0.2, 0) is 9.59 Å². The molecule has 4 rings (SSSR count). The summed E-state index contributed by atoms with van der Waals surface area (Å²) >= 11 is 7.30. The summed E-state index contributed by atoms with van der Waals surface area (Å²) in [5.74, 6) is 0.120. The highest BCUT2D eigenvalue weighted by molar-refractivity contribution is 8.01. The smallest absolute Gasteiger partial charge is 0.238 e. The van der Waals surface area contributed by atoms with E-state index in [4.69, 9.17) is 16.0 Å². The summed E-state index contributed by atoms with van der Waals surface area (Å²) in [7, 11) is 0. The molecule has 1 aliphatic rings. The molecule has 0 aliphatic carbocycles. The number of hydrogen-bond donors (Lipinski definition) is 2. The summed E-state index contributed by atoms with van der Waals surface area (Å²) in [5.41, 5.74) is 2.63. The van der Waals surface area contributed by atoms with E-state index in [2.05, 4.69) is 15.6 Å². The molecule has 26 heavy (non-hydrogen) atoms. The van der Waals surface area contributed by atoms with Crippen molar-refractivity contribution in [2.45, 2.75) is 23.5 Å². The first-order chi connectivity index (χ1) is 12.5. The van der Waals surface area contributed by atoms with Crippen LogP contribution in [0.2, 0.25) is 5.02 Å². The van der Waals surface area contributed by atoms with Crippen molar-refractivity contribution in [1.82, 2.24) is 4.98 Å². The van der Waals surface area contributed by atoms with Crippen molar-refractivity contribution < 1.29 is 14.0 Å². The third kappa shape index (κ3) is 3.40. The topological polar surface area (TPSA) is 84.2 Å². The van der Waals surface area contributed by atoms with Crippen LogP contribution < -0.4 is 10.6 Å². The van der Waals surface area contributed by atoms with E-state index in [1.807, 2.05) is 6.07 Å². The van der Waals surface area contributed by atoms with Crippen molar-refractivity contribution in [1.29, 1.82) is 0 Å². The Morgan fingerprint density at radius 2 is 2.19 bits per heavy atom. The van der Waals surface area contributed by atoms with E-state index in [-0.39, 0.29) is 18.2 Å². The second kappa shape index (κ2) is 6.66. The molecule has 0 bridgehead atoms. The number of anilines is 2. The number of fused-ring (bicyclic) bond motifs is 2. The summed E-state index contributed by atoms with van der Waals surface area (Å²) in [5, 5.41) is 5.67. The van der Waals surface area contributed by atoms with Crippen LogP contribution >= 0.6 is 23.4 Å². The standard InChI is InChI=1S/C18H14ClN3O3S/c1-9-20-12-7-11(3-4-14(12)25-9)21-17(23)8-16-18(24)22-13-6-10(19)2-5-15(13)26-16/h2-7,16H,8H2,1H3,(H,21,23)(H,22,24)/t16-/m0/s1. The highest BCUT2D eigenvalue weighted by atomic mass is 35.5. The minimum atomic E-state index is -0.498. The van der Waals surface area contributed by atoms with Gasteiger partial charge in [0, 0.05) is 29.0 Å². The van der Waals surface area contributed by atoms with Crippen LogP contribution in [0.4, 0.5) is 11.4 Å². The summed E-state index contributed by atoms with van der Waals surface area (Å²) in [6, 6.07) is 10.6. The second-order valence-electron chi connectivity index (χ2n) is 5.90. The molecule has 6 nitrogen and oxygen atoms in total. The lowest BCUT2D eigenvalue weighted by Gasteiger charge is -2.23. The van der Waals surface area contributed by atoms with Crippen LogP contribution in [0.15, 0.2) is 45.7 Å². The maximum Gasteiger partial charge on any atom is 0.238 e. The lowest BCUT2D eigenvalue weighted by atomic mass is 10.2. The molecule has 0 saturated carbocycles.